The third kappa shape index (κ3) is 16.3. The van der Waals surface area contributed by atoms with Gasteiger partial charge in [-0.05, 0) is 114 Å². The molecule has 1 aliphatic carbocycles. The number of esters is 1. The molecule has 69 heavy (non-hydrogen) atoms. The molecule has 0 aromatic rings. The van der Waals surface area contributed by atoms with Gasteiger partial charge in [-0.25, -0.2) is 4.79 Å². The number of hydrogen-bond donors (Lipinski definition) is 3. The Balaban J connectivity index is 1.67. The fraction of sp³-hybridized carbons (Fsp3) is 0.759. The van der Waals surface area contributed by atoms with Crippen LogP contribution >= 0.6 is 0 Å². The summed E-state index contributed by atoms with van der Waals surface area (Å²) in [6.07, 6.45) is 10.8. The average molecular weight is 972 g/mol. The van der Waals surface area contributed by atoms with Gasteiger partial charge in [-0.3, -0.25) is 19.2 Å². The molecule has 15 heteroatoms. The Kier molecular flexibility index (Phi) is 23.6. The largest absolute Gasteiger partial charge is 0.460 e. The van der Waals surface area contributed by atoms with Crippen molar-refractivity contribution in [3.05, 3.63) is 47.6 Å². The van der Waals surface area contributed by atoms with Crippen LogP contribution in [-0.2, 0) is 52.4 Å². The normalized spacial score (nSPS) is 38.8. The summed E-state index contributed by atoms with van der Waals surface area (Å²) in [5.41, 5.74) is 1.01. The first-order valence-corrected chi connectivity index (χ1v) is 25.6. The van der Waals surface area contributed by atoms with Gasteiger partial charge in [0.1, 0.15) is 30.1 Å². The van der Waals surface area contributed by atoms with Crippen molar-refractivity contribution in [1.29, 1.82) is 0 Å². The Morgan fingerprint density at radius 3 is 2.29 bits per heavy atom. The zero-order valence-corrected chi connectivity index (χ0v) is 43.1. The number of rotatable bonds is 10. The first-order valence-electron chi connectivity index (χ1n) is 25.6. The molecule has 3 heterocycles. The lowest BCUT2D eigenvalue weighted by molar-refractivity contribution is -0.265. The molecule has 0 spiro atoms. The summed E-state index contributed by atoms with van der Waals surface area (Å²) >= 11 is 0. The lowest BCUT2D eigenvalue weighted by atomic mass is 9.78. The van der Waals surface area contributed by atoms with Gasteiger partial charge in [0.05, 0.1) is 37.6 Å². The van der Waals surface area contributed by atoms with Gasteiger partial charge in [0, 0.05) is 58.0 Å². The van der Waals surface area contributed by atoms with E-state index in [-0.39, 0.29) is 67.3 Å². The molecule has 390 valence electrons. The minimum Gasteiger partial charge on any atom is -0.460 e. The second-order valence-electron chi connectivity index (χ2n) is 20.4. The first kappa shape index (κ1) is 58.2. The van der Waals surface area contributed by atoms with E-state index in [2.05, 4.69) is 0 Å². The van der Waals surface area contributed by atoms with Crippen molar-refractivity contribution in [2.75, 3.05) is 40.6 Å². The maximum absolute atomic E-state index is 14.5. The maximum atomic E-state index is 14.5. The number of amides is 1. The molecule has 4 rings (SSSR count). The van der Waals surface area contributed by atoms with Crippen molar-refractivity contribution in [2.45, 2.75) is 187 Å². The van der Waals surface area contributed by atoms with Crippen LogP contribution in [0.3, 0.4) is 0 Å². The topological polar surface area (TPSA) is 205 Å². The van der Waals surface area contributed by atoms with Gasteiger partial charge < -0.3 is 48.6 Å². The molecule has 1 unspecified atom stereocenters. The number of aliphatic hydroxyl groups excluding tert-OH is 2. The van der Waals surface area contributed by atoms with E-state index in [9.17, 15) is 39.3 Å². The number of methoxy groups -OCH3 is 2. The van der Waals surface area contributed by atoms with Crippen LogP contribution in [0.1, 0.15) is 132 Å². The lowest BCUT2D eigenvalue weighted by Gasteiger charge is -2.42. The zero-order chi connectivity index (χ0) is 51.0. The number of fused-ring (bicyclic) bond motifs is 3. The number of allylic oxidation sites excluding steroid dienone is 6. The number of carbonyl (C=O) groups is 5. The third-order valence-corrected chi connectivity index (χ3v) is 15.0. The van der Waals surface area contributed by atoms with E-state index in [1.54, 1.807) is 60.0 Å². The summed E-state index contributed by atoms with van der Waals surface area (Å²) in [5, 5.41) is 34.5. The fourth-order valence-corrected chi connectivity index (χ4v) is 10.4. The predicted molar refractivity (Wildman–Crippen MR) is 261 cm³/mol. The highest BCUT2D eigenvalue weighted by atomic mass is 16.6. The molecule has 3 N–H and O–H groups in total. The number of carbonyl (C=O) groups excluding carboxylic acids is 5. The summed E-state index contributed by atoms with van der Waals surface area (Å²) in [7, 11) is 3.04. The quantitative estimate of drug-likeness (QED) is 0.0916. The SMILES string of the molecule is CCOCCO[C@@H]1CC[C@@H](C[C@@H](C)[C@@H]2CC(=O)[C@H](C)/C=C(\C)[C@@H](O)[C@@H](OC)C(=O)[C@H](C)C[C@H](C)/C=C/C=C/C=C(\C)C(O)C[C@@H]3CC[C@@H](C)[C@@](O)(O3)C(=O)C(=O)N3CCCC[C@H]3C(=O)O2)C[C@H]1OC. The summed E-state index contributed by atoms with van der Waals surface area (Å²) in [5.74, 6) is -8.12. The minimum atomic E-state index is -2.48. The second kappa shape index (κ2) is 28.0. The maximum Gasteiger partial charge on any atom is 0.329 e. The first-order chi connectivity index (χ1) is 32.7. The molecule has 1 amide bonds. The molecule has 1 saturated carbocycles. The molecule has 0 aromatic carbocycles. The van der Waals surface area contributed by atoms with Crippen molar-refractivity contribution in [3.63, 3.8) is 0 Å². The van der Waals surface area contributed by atoms with Crippen LogP contribution in [0.4, 0.5) is 0 Å². The highest BCUT2D eigenvalue weighted by molar-refractivity contribution is 6.39. The molecule has 4 aliphatic rings. The van der Waals surface area contributed by atoms with E-state index >= 15 is 0 Å². The Labute approximate surface area is 411 Å². The number of Topliss-reactive ketones (excluding diaryl/α,β-unsaturated/α-hetero) is 3. The molecule has 15 atom stereocenters. The Bertz CT molecular complexity index is 1830. The fourth-order valence-electron chi connectivity index (χ4n) is 10.4. The van der Waals surface area contributed by atoms with Crippen LogP contribution in [0.5, 0.6) is 0 Å². The van der Waals surface area contributed by atoms with Crippen LogP contribution in [-0.4, -0.2) is 145 Å². The van der Waals surface area contributed by atoms with E-state index in [1.807, 2.05) is 39.0 Å². The van der Waals surface area contributed by atoms with Crippen LogP contribution in [0, 0.1) is 35.5 Å². The van der Waals surface area contributed by atoms with Gasteiger partial charge in [-0.2, -0.15) is 0 Å². The Hall–Kier alpha value is -3.41. The molecule has 2 saturated heterocycles. The number of ether oxygens (including phenoxy) is 6. The summed E-state index contributed by atoms with van der Waals surface area (Å²) < 4.78 is 35.4. The number of cyclic esters (lactones) is 1. The monoisotopic (exact) mass is 972 g/mol. The van der Waals surface area contributed by atoms with Crippen molar-refractivity contribution in [3.8, 4) is 0 Å². The van der Waals surface area contributed by atoms with Gasteiger partial charge in [-0.1, -0.05) is 71.1 Å². The predicted octanol–water partition coefficient (Wildman–Crippen LogP) is 6.59. The van der Waals surface area contributed by atoms with E-state index in [4.69, 9.17) is 28.4 Å². The molecule has 3 aliphatic heterocycles. The van der Waals surface area contributed by atoms with Crippen molar-refractivity contribution in [1.82, 2.24) is 4.90 Å². The van der Waals surface area contributed by atoms with Gasteiger partial charge in [-0.15, -0.1) is 0 Å². The van der Waals surface area contributed by atoms with Crippen molar-refractivity contribution < 1.29 is 67.7 Å². The zero-order valence-electron chi connectivity index (χ0n) is 43.1. The van der Waals surface area contributed by atoms with Gasteiger partial charge in [0.25, 0.3) is 11.7 Å². The molecule has 15 nitrogen and oxygen atoms in total. The smallest absolute Gasteiger partial charge is 0.329 e. The van der Waals surface area contributed by atoms with E-state index in [1.165, 1.54) is 12.0 Å². The Morgan fingerprint density at radius 1 is 0.855 bits per heavy atom. The summed E-state index contributed by atoms with van der Waals surface area (Å²) in [4.78, 5) is 72.0. The number of hydrogen-bond acceptors (Lipinski definition) is 14. The van der Waals surface area contributed by atoms with Crippen LogP contribution in [0.2, 0.25) is 0 Å². The Morgan fingerprint density at radius 2 is 1.59 bits per heavy atom. The molecule has 0 aromatic heterocycles. The number of ketones is 3. The summed E-state index contributed by atoms with van der Waals surface area (Å²) in [6, 6.07) is -1.16. The van der Waals surface area contributed by atoms with Crippen LogP contribution in [0.15, 0.2) is 47.6 Å². The van der Waals surface area contributed by atoms with E-state index in [0.717, 1.165) is 12.8 Å². The highest BCUT2D eigenvalue weighted by Crippen LogP contribution is 2.38. The third-order valence-electron chi connectivity index (χ3n) is 15.0. The highest BCUT2D eigenvalue weighted by Gasteiger charge is 2.53. The van der Waals surface area contributed by atoms with Crippen LogP contribution < -0.4 is 0 Å². The average Bonchev–Trinajstić information content (AvgIpc) is 3.32. The molecule has 0 radical (unpaired) electrons. The van der Waals surface area contributed by atoms with Gasteiger partial charge in [0.15, 0.2) is 5.78 Å². The minimum absolute atomic E-state index is 0.00471. The molecule has 2 bridgehead atoms. The second-order valence-corrected chi connectivity index (χ2v) is 20.4. The number of piperidine rings is 1. The van der Waals surface area contributed by atoms with E-state index < -0.39 is 77.8 Å². The van der Waals surface area contributed by atoms with Crippen molar-refractivity contribution in [2.24, 2.45) is 35.5 Å². The van der Waals surface area contributed by atoms with Crippen LogP contribution in [0.25, 0.3) is 0 Å². The van der Waals surface area contributed by atoms with Gasteiger partial charge >= 0.3 is 5.97 Å². The van der Waals surface area contributed by atoms with E-state index in [0.29, 0.717) is 75.9 Å². The lowest BCUT2D eigenvalue weighted by Crippen LogP contribution is -2.61. The molecule has 3 fully saturated rings. The summed E-state index contributed by atoms with van der Waals surface area (Å²) in [6.45, 7) is 16.0. The number of aliphatic hydroxyl groups is 3. The van der Waals surface area contributed by atoms with Crippen molar-refractivity contribution >= 4 is 29.2 Å². The molecular formula is C54H85NO14. The standard InChI is InChI=1S/C54H85NO14/c1-11-66-25-26-67-45-23-21-40(30-47(45)64-9)29-36(5)46-32-44(57)35(4)28-38(7)49(59)50(65-10)48(58)37(6)27-33(2)17-13-12-14-18-34(3)43(56)31-41-22-20-39(8)54(63,69-41)51(60)52(61)55-24-16-15-19-42(55)53(62)68-46/h12-14,17-18,28,33,35-37,39-43,45-47,49-50,56,59,63H,11,15-16,19-27,29-32H2,1-10H3/b14-12+,17-13+,34-18+,38-28+/t33-,35-,36-,37-,39-,40+,41+,42+,43?,45-,46+,47-,49-,50+,54-/m1/s1. The number of nitrogens with zero attached hydrogens (tertiary/aromatic N) is 1. The van der Waals surface area contributed by atoms with Gasteiger partial charge in [0.2, 0.25) is 5.79 Å². The molecular weight excluding hydrogens is 887 g/mol.